The maximum absolute atomic E-state index is 5.63. The van der Waals surface area contributed by atoms with Crippen LogP contribution in [0.4, 0.5) is 0 Å². The Morgan fingerprint density at radius 2 is 2.25 bits per heavy atom. The third kappa shape index (κ3) is 4.81. The summed E-state index contributed by atoms with van der Waals surface area (Å²) >= 11 is 0. The fourth-order valence-corrected chi connectivity index (χ4v) is 1.66. The second-order valence-electron chi connectivity index (χ2n) is 4.76. The first-order valence-corrected chi connectivity index (χ1v) is 5.93. The summed E-state index contributed by atoms with van der Waals surface area (Å²) in [7, 11) is 0. The van der Waals surface area contributed by atoms with E-state index in [9.17, 15) is 0 Å². The number of nitrogens with one attached hydrogen (secondary N) is 1. The van der Waals surface area contributed by atoms with E-state index in [0.29, 0.717) is 6.04 Å². The van der Waals surface area contributed by atoms with Crippen molar-refractivity contribution in [2.45, 2.75) is 45.8 Å². The van der Waals surface area contributed by atoms with E-state index in [4.69, 9.17) is 9.15 Å². The normalized spacial score (nSPS) is 14.0. The molecule has 1 atom stereocenters. The fourth-order valence-electron chi connectivity index (χ4n) is 1.66. The van der Waals surface area contributed by atoms with Crippen LogP contribution in [0.3, 0.4) is 0 Å². The monoisotopic (exact) mass is 225 g/mol. The second-order valence-corrected chi connectivity index (χ2v) is 4.76. The van der Waals surface area contributed by atoms with Crippen molar-refractivity contribution in [2.75, 3.05) is 13.2 Å². The van der Waals surface area contributed by atoms with Crippen LogP contribution in [0.2, 0.25) is 0 Å². The average Bonchev–Trinajstić information content (AvgIpc) is 2.68. The maximum atomic E-state index is 5.63. The van der Waals surface area contributed by atoms with Gasteiger partial charge in [-0.25, -0.2) is 0 Å². The van der Waals surface area contributed by atoms with Crippen LogP contribution in [-0.2, 0) is 11.2 Å². The molecule has 0 saturated heterocycles. The predicted octanol–water partition coefficient (Wildman–Crippen LogP) is 2.62. The van der Waals surface area contributed by atoms with E-state index in [0.717, 1.165) is 25.3 Å². The van der Waals surface area contributed by atoms with Crippen molar-refractivity contribution < 1.29 is 9.15 Å². The van der Waals surface area contributed by atoms with E-state index in [-0.39, 0.29) is 5.60 Å². The zero-order valence-electron chi connectivity index (χ0n) is 10.7. The van der Waals surface area contributed by atoms with Gasteiger partial charge in [-0.15, -0.1) is 0 Å². The minimum Gasteiger partial charge on any atom is -0.469 e. The Bertz CT molecular complexity index is 280. The summed E-state index contributed by atoms with van der Waals surface area (Å²) in [5.41, 5.74) is -0.105. The molecule has 0 aliphatic carbocycles. The van der Waals surface area contributed by atoms with Crippen molar-refractivity contribution in [1.82, 2.24) is 5.32 Å². The zero-order valence-corrected chi connectivity index (χ0v) is 10.7. The highest BCUT2D eigenvalue weighted by atomic mass is 16.5. The van der Waals surface area contributed by atoms with Crippen molar-refractivity contribution in [2.24, 2.45) is 0 Å². The molecule has 1 aromatic rings. The molecular formula is C13H23NO2. The van der Waals surface area contributed by atoms with Gasteiger partial charge in [-0.1, -0.05) is 0 Å². The lowest BCUT2D eigenvalue weighted by atomic mass is 10.1. The number of furan rings is 1. The number of hydrogen-bond acceptors (Lipinski definition) is 3. The first-order valence-electron chi connectivity index (χ1n) is 5.93. The van der Waals surface area contributed by atoms with Gasteiger partial charge in [0.15, 0.2) is 0 Å². The summed E-state index contributed by atoms with van der Waals surface area (Å²) in [4.78, 5) is 0. The van der Waals surface area contributed by atoms with Crippen LogP contribution < -0.4 is 5.32 Å². The Balaban J connectivity index is 2.27. The Kier molecular flexibility index (Phi) is 5.03. The second kappa shape index (κ2) is 6.06. The van der Waals surface area contributed by atoms with Crippen molar-refractivity contribution in [3.8, 4) is 0 Å². The average molecular weight is 225 g/mol. The van der Waals surface area contributed by atoms with Gasteiger partial charge in [0.05, 0.1) is 11.9 Å². The van der Waals surface area contributed by atoms with Crippen LogP contribution in [-0.4, -0.2) is 24.8 Å². The Hall–Kier alpha value is -0.800. The number of ether oxygens (including phenoxy) is 1. The van der Waals surface area contributed by atoms with Crippen molar-refractivity contribution in [1.29, 1.82) is 0 Å². The van der Waals surface area contributed by atoms with Crippen LogP contribution in [0.5, 0.6) is 0 Å². The quantitative estimate of drug-likeness (QED) is 0.774. The molecule has 92 valence electrons. The van der Waals surface area contributed by atoms with Crippen LogP contribution in [0.25, 0.3) is 0 Å². The topological polar surface area (TPSA) is 34.4 Å². The van der Waals surface area contributed by atoms with Crippen LogP contribution in [0, 0.1) is 0 Å². The van der Waals surface area contributed by atoms with Gasteiger partial charge in [-0.2, -0.15) is 0 Å². The molecule has 0 aliphatic heterocycles. The van der Waals surface area contributed by atoms with Gasteiger partial charge in [-0.3, -0.25) is 0 Å². The lowest BCUT2D eigenvalue weighted by Gasteiger charge is -2.27. The smallest absolute Gasteiger partial charge is 0.105 e. The Morgan fingerprint density at radius 3 is 2.81 bits per heavy atom. The molecule has 1 aromatic heterocycles. The molecule has 0 amide bonds. The molecular weight excluding hydrogens is 202 g/mol. The van der Waals surface area contributed by atoms with Crippen LogP contribution in [0.15, 0.2) is 22.8 Å². The first-order chi connectivity index (χ1) is 7.53. The standard InChI is InChI=1S/C13H23NO2/c1-5-16-13(3,4)10-14-11(2)9-12-7-6-8-15-12/h6-8,11,14H,5,9-10H2,1-4H3. The molecule has 1 unspecified atom stereocenters. The zero-order chi connectivity index (χ0) is 12.0. The molecule has 1 heterocycles. The fraction of sp³-hybridized carbons (Fsp3) is 0.692. The van der Waals surface area contributed by atoms with Crippen molar-refractivity contribution in [3.63, 3.8) is 0 Å². The van der Waals surface area contributed by atoms with Gasteiger partial charge >= 0.3 is 0 Å². The highest BCUT2D eigenvalue weighted by Crippen LogP contribution is 2.09. The molecule has 0 aromatic carbocycles. The molecule has 0 bridgehead atoms. The van der Waals surface area contributed by atoms with Gasteiger partial charge in [0.2, 0.25) is 0 Å². The highest BCUT2D eigenvalue weighted by molar-refractivity contribution is 5.00. The largest absolute Gasteiger partial charge is 0.469 e. The summed E-state index contributed by atoms with van der Waals surface area (Å²) in [6.07, 6.45) is 2.63. The Morgan fingerprint density at radius 1 is 1.50 bits per heavy atom. The maximum Gasteiger partial charge on any atom is 0.105 e. The van der Waals surface area contributed by atoms with Crippen LogP contribution >= 0.6 is 0 Å². The number of hydrogen-bond donors (Lipinski definition) is 1. The molecule has 0 fully saturated rings. The molecule has 0 saturated carbocycles. The van der Waals surface area contributed by atoms with Gasteiger partial charge < -0.3 is 14.5 Å². The first kappa shape index (κ1) is 13.3. The molecule has 0 aliphatic rings. The summed E-state index contributed by atoms with van der Waals surface area (Å²) in [6.45, 7) is 9.98. The molecule has 0 spiro atoms. The summed E-state index contributed by atoms with van der Waals surface area (Å²) in [5, 5.41) is 3.46. The summed E-state index contributed by atoms with van der Waals surface area (Å²) < 4.78 is 10.9. The van der Waals surface area contributed by atoms with Crippen molar-refractivity contribution in [3.05, 3.63) is 24.2 Å². The van der Waals surface area contributed by atoms with Gasteiger partial charge in [0, 0.05) is 25.6 Å². The molecule has 1 N–H and O–H groups in total. The lowest BCUT2D eigenvalue weighted by molar-refractivity contribution is -0.0103. The van der Waals surface area contributed by atoms with E-state index in [1.807, 2.05) is 19.1 Å². The van der Waals surface area contributed by atoms with E-state index in [2.05, 4.69) is 26.1 Å². The molecule has 3 heteroatoms. The van der Waals surface area contributed by atoms with Crippen LogP contribution in [0.1, 0.15) is 33.5 Å². The lowest BCUT2D eigenvalue weighted by Crippen LogP contribution is -2.42. The minimum atomic E-state index is -0.105. The SMILES string of the molecule is CCOC(C)(C)CNC(C)Cc1ccco1. The van der Waals surface area contributed by atoms with E-state index >= 15 is 0 Å². The van der Waals surface area contributed by atoms with Gasteiger partial charge in [-0.05, 0) is 39.8 Å². The molecule has 1 rings (SSSR count). The predicted molar refractivity (Wildman–Crippen MR) is 65.6 cm³/mol. The molecule has 16 heavy (non-hydrogen) atoms. The third-order valence-electron chi connectivity index (χ3n) is 2.50. The molecule has 3 nitrogen and oxygen atoms in total. The van der Waals surface area contributed by atoms with Crippen molar-refractivity contribution >= 4 is 0 Å². The summed E-state index contributed by atoms with van der Waals surface area (Å²) in [5.74, 6) is 1.02. The highest BCUT2D eigenvalue weighted by Gasteiger charge is 2.18. The van der Waals surface area contributed by atoms with E-state index < -0.39 is 0 Å². The van der Waals surface area contributed by atoms with Gasteiger partial charge in [0.25, 0.3) is 0 Å². The molecule has 0 radical (unpaired) electrons. The number of rotatable bonds is 7. The van der Waals surface area contributed by atoms with E-state index in [1.54, 1.807) is 6.26 Å². The van der Waals surface area contributed by atoms with E-state index in [1.165, 1.54) is 0 Å². The third-order valence-corrected chi connectivity index (χ3v) is 2.50. The van der Waals surface area contributed by atoms with Gasteiger partial charge in [0.1, 0.15) is 5.76 Å². The summed E-state index contributed by atoms with van der Waals surface area (Å²) in [6, 6.07) is 4.32. The Labute approximate surface area is 98.2 Å². The minimum absolute atomic E-state index is 0.105.